The van der Waals surface area contributed by atoms with E-state index in [9.17, 15) is 79.5 Å². The normalized spacial score (nSPS) is 26.4. The molecule has 25 heteroatoms. The Kier molecular flexibility index (Phi) is 23.4. The number of hydrogen-bond acceptors (Lipinski definition) is 18. The molecule has 0 spiro atoms. The first-order valence-electron chi connectivity index (χ1n) is 29.4. The monoisotopic (exact) mass is 1210 g/mol. The molecule has 4 aromatic rings. The van der Waals surface area contributed by atoms with Crippen molar-refractivity contribution in [2.75, 3.05) is 32.9 Å². The van der Waals surface area contributed by atoms with E-state index < -0.39 is 171 Å². The molecule has 0 aliphatic carbocycles. The first-order valence-corrected chi connectivity index (χ1v) is 29.4. The lowest BCUT2D eigenvalue weighted by Crippen LogP contribution is -2.65. The molecular formula is C62H82N8O17. The summed E-state index contributed by atoms with van der Waals surface area (Å²) < 4.78 is 5.86. The summed E-state index contributed by atoms with van der Waals surface area (Å²) in [6.45, 7) is 6.07. The highest BCUT2D eigenvalue weighted by Gasteiger charge is 2.50. The second-order valence-corrected chi connectivity index (χ2v) is 23.0. The number of carbonyl (C=O) groups excluding carboxylic acids is 7. The summed E-state index contributed by atoms with van der Waals surface area (Å²) in [5.74, 6) is -8.79. The van der Waals surface area contributed by atoms with Crippen molar-refractivity contribution in [1.29, 1.82) is 0 Å². The van der Waals surface area contributed by atoms with Crippen LogP contribution in [0.5, 0.6) is 11.5 Å². The van der Waals surface area contributed by atoms with Gasteiger partial charge in [-0.2, -0.15) is 0 Å². The Hall–Kier alpha value is -7.59. The number of nitrogens with one attached hydrogen (secondary N) is 6. The average molecular weight is 1210 g/mol. The predicted molar refractivity (Wildman–Crippen MR) is 315 cm³/mol. The molecule has 0 radical (unpaired) electrons. The Morgan fingerprint density at radius 2 is 1.21 bits per heavy atom. The molecule has 7 rings (SSSR count). The summed E-state index contributed by atoms with van der Waals surface area (Å²) in [5.41, 5.74) is 3.47. The van der Waals surface area contributed by atoms with Gasteiger partial charge in [0.25, 0.3) is 5.91 Å². The summed E-state index contributed by atoms with van der Waals surface area (Å²) in [5, 5.41) is 115. The first kappa shape index (κ1) is 66.9. The van der Waals surface area contributed by atoms with Gasteiger partial charge in [-0.3, -0.25) is 38.9 Å². The standard InChI is InChI=1S/C62H82N8O17/c1-6-7-8-25-87-44-23-19-38(20-24-44)36-11-9-35(10-12-36)37-13-15-40(16-14-37)56(80)64-45-27-47(76)55(63-41(30-71)31-72)68-60(84)51-52(77)33(4)28-70(51)62(86)49(34(5)73)66-59(83)50(54(79)53(78)39-17-21-42(74)22-18-39)67-58(82)46-26-43(75)29-69(46)61(85)48(32(2)3)65-57(45)81/h9-24,32-34,41,43,45-55,63,71-79H,6-8,25-31H2,1-5H3,(H,64,80)(H,65,81)(H,66,83)(H,67,82)(H,68,84)/t33-,34+,43+,45?,46?,47+,48?,49?,50?,51?,52-,53-,54-,55?/m0/s1. The summed E-state index contributed by atoms with van der Waals surface area (Å²) in [7, 11) is 0. The van der Waals surface area contributed by atoms with Crippen LogP contribution < -0.4 is 36.6 Å². The van der Waals surface area contributed by atoms with Crippen molar-refractivity contribution in [3.63, 3.8) is 0 Å². The van der Waals surface area contributed by atoms with E-state index in [1.54, 1.807) is 26.0 Å². The number of phenols is 1. The van der Waals surface area contributed by atoms with Gasteiger partial charge in [0.2, 0.25) is 35.4 Å². The van der Waals surface area contributed by atoms with Gasteiger partial charge < -0.3 is 87.1 Å². The summed E-state index contributed by atoms with van der Waals surface area (Å²) in [6, 6.07) is 14.5. The van der Waals surface area contributed by atoms with E-state index in [0.717, 1.165) is 64.0 Å². The Morgan fingerprint density at radius 3 is 1.77 bits per heavy atom. The smallest absolute Gasteiger partial charge is 0.251 e. The minimum absolute atomic E-state index is 0.0496. The lowest BCUT2D eigenvalue weighted by atomic mass is 9.96. The van der Waals surface area contributed by atoms with Gasteiger partial charge in [0.15, 0.2) is 0 Å². The summed E-state index contributed by atoms with van der Waals surface area (Å²) >= 11 is 0. The molecule has 3 fully saturated rings. The van der Waals surface area contributed by atoms with Gasteiger partial charge in [-0.15, -0.1) is 0 Å². The molecule has 0 bridgehead atoms. The van der Waals surface area contributed by atoms with Crippen LogP contribution >= 0.6 is 0 Å². The molecule has 4 aromatic carbocycles. The lowest BCUT2D eigenvalue weighted by molar-refractivity contribution is -0.147. The summed E-state index contributed by atoms with van der Waals surface area (Å²) in [6.07, 6.45) is -10.8. The van der Waals surface area contributed by atoms with Gasteiger partial charge in [0.05, 0.1) is 50.3 Å². The van der Waals surface area contributed by atoms with Crippen LogP contribution in [-0.2, 0) is 28.8 Å². The number of phenolic OH excluding ortho intramolecular Hbond substituents is 1. The van der Waals surface area contributed by atoms with Crippen LogP contribution in [0.2, 0.25) is 0 Å². The number of unbranched alkanes of at least 4 members (excludes halogenated alkanes) is 2. The van der Waals surface area contributed by atoms with Crippen molar-refractivity contribution in [1.82, 2.24) is 41.7 Å². The van der Waals surface area contributed by atoms with E-state index in [0.29, 0.717) is 6.61 Å². The van der Waals surface area contributed by atoms with Crippen molar-refractivity contribution in [3.8, 4) is 33.8 Å². The van der Waals surface area contributed by atoms with Crippen molar-refractivity contribution < 1.29 is 84.3 Å². The van der Waals surface area contributed by atoms with E-state index in [1.165, 1.54) is 43.3 Å². The van der Waals surface area contributed by atoms with E-state index in [4.69, 9.17) is 4.74 Å². The maximum atomic E-state index is 14.8. The second kappa shape index (κ2) is 30.4. The van der Waals surface area contributed by atoms with Gasteiger partial charge in [0.1, 0.15) is 66.1 Å². The zero-order valence-corrected chi connectivity index (χ0v) is 49.2. The molecule has 3 saturated heterocycles. The molecule has 14 atom stereocenters. The molecule has 15 N–H and O–H groups in total. The number of rotatable bonds is 18. The second-order valence-electron chi connectivity index (χ2n) is 23.0. The predicted octanol–water partition coefficient (Wildman–Crippen LogP) is -0.701. The Morgan fingerprint density at radius 1 is 0.655 bits per heavy atom. The zero-order chi connectivity index (χ0) is 63.4. The van der Waals surface area contributed by atoms with Gasteiger partial charge in [-0.05, 0) is 83.5 Å². The molecular weight excluding hydrogens is 1130 g/mol. The minimum atomic E-state index is -2.27. The highest BCUT2D eigenvalue weighted by atomic mass is 16.5. The number of benzene rings is 4. The molecule has 0 aromatic heterocycles. The van der Waals surface area contributed by atoms with Crippen LogP contribution in [0.25, 0.3) is 22.3 Å². The molecule has 472 valence electrons. The van der Waals surface area contributed by atoms with Gasteiger partial charge in [-0.1, -0.05) is 101 Å². The van der Waals surface area contributed by atoms with Crippen molar-refractivity contribution >= 4 is 41.4 Å². The minimum Gasteiger partial charge on any atom is -0.508 e. The highest BCUT2D eigenvalue weighted by molar-refractivity contribution is 6.00. The number of amides is 7. The van der Waals surface area contributed by atoms with Gasteiger partial charge in [-0.25, -0.2) is 0 Å². The van der Waals surface area contributed by atoms with E-state index in [1.807, 2.05) is 48.5 Å². The highest BCUT2D eigenvalue weighted by Crippen LogP contribution is 2.30. The fraction of sp³-hybridized carbons (Fsp3) is 0.500. The molecule has 7 unspecified atom stereocenters. The molecule has 25 nitrogen and oxygen atoms in total. The van der Waals surface area contributed by atoms with Crippen LogP contribution in [0.3, 0.4) is 0 Å². The zero-order valence-electron chi connectivity index (χ0n) is 49.2. The molecule has 7 amide bonds. The number of hydrogen-bond donors (Lipinski definition) is 15. The van der Waals surface area contributed by atoms with E-state index in [2.05, 4.69) is 38.8 Å². The van der Waals surface area contributed by atoms with Crippen molar-refractivity contribution in [2.24, 2.45) is 11.8 Å². The SMILES string of the molecule is CCCCCOc1ccc(-c2ccc(-c3ccc(C(=O)NC4C[C@@H](O)C(NC(CO)CO)NC(=O)C5[C@@H](O)[C@@H](C)CN5C(=O)C([C@@H](C)O)NC(=O)C([C@H](O)[C@@H](O)c5ccc(O)cc5)NC(=O)C5C[C@@H](O)CN5C(=O)C(C(C)C)NC4=O)cc3)cc2)cc1. The lowest BCUT2D eigenvalue weighted by Gasteiger charge is -2.35. The molecule has 0 saturated carbocycles. The summed E-state index contributed by atoms with van der Waals surface area (Å²) in [4.78, 5) is 104. The molecule has 3 heterocycles. The largest absolute Gasteiger partial charge is 0.508 e. The van der Waals surface area contributed by atoms with Crippen molar-refractivity contribution in [3.05, 3.63) is 108 Å². The van der Waals surface area contributed by atoms with Crippen LogP contribution in [0, 0.1) is 11.8 Å². The van der Waals surface area contributed by atoms with Crippen molar-refractivity contribution in [2.45, 2.75) is 152 Å². The molecule has 3 aliphatic rings. The third-order valence-corrected chi connectivity index (χ3v) is 16.1. The van der Waals surface area contributed by atoms with Crippen LogP contribution in [0.1, 0.15) is 88.7 Å². The average Bonchev–Trinajstić information content (AvgIpc) is 1.95. The number of carbonyl (C=O) groups is 7. The fourth-order valence-corrected chi connectivity index (χ4v) is 10.9. The van der Waals surface area contributed by atoms with E-state index in [-0.39, 0.29) is 23.4 Å². The number of nitrogens with zero attached hydrogens (tertiary/aromatic N) is 2. The Balaban J connectivity index is 1.23. The third-order valence-electron chi connectivity index (χ3n) is 16.1. The Bertz CT molecular complexity index is 2990. The fourth-order valence-electron chi connectivity index (χ4n) is 10.9. The van der Waals surface area contributed by atoms with E-state index >= 15 is 0 Å². The molecule has 87 heavy (non-hydrogen) atoms. The number of fused-ring (bicyclic) bond motifs is 2. The number of aliphatic hydroxyl groups is 8. The van der Waals surface area contributed by atoms with Crippen LogP contribution in [0.4, 0.5) is 0 Å². The van der Waals surface area contributed by atoms with Gasteiger partial charge >= 0.3 is 0 Å². The quantitative estimate of drug-likeness (QED) is 0.0548. The molecule has 3 aliphatic heterocycles. The number of aromatic hydroxyl groups is 1. The van der Waals surface area contributed by atoms with Crippen LogP contribution in [-0.4, -0.2) is 209 Å². The first-order chi connectivity index (χ1) is 41.4. The maximum Gasteiger partial charge on any atom is 0.251 e. The topological polar surface area (TPSA) is 389 Å². The number of ether oxygens (including phenoxy) is 1. The van der Waals surface area contributed by atoms with Crippen LogP contribution in [0.15, 0.2) is 97.1 Å². The Labute approximate surface area is 504 Å². The maximum absolute atomic E-state index is 14.8. The number of aliphatic hydroxyl groups excluding tert-OH is 8. The van der Waals surface area contributed by atoms with Gasteiger partial charge in [0, 0.05) is 37.4 Å². The third kappa shape index (κ3) is 16.5.